The third kappa shape index (κ3) is 4.88. The van der Waals surface area contributed by atoms with E-state index in [1.165, 1.54) is 0 Å². The molecule has 17 heavy (non-hydrogen) atoms. The first-order valence-corrected chi connectivity index (χ1v) is 6.02. The zero-order valence-electron chi connectivity index (χ0n) is 9.48. The fourth-order valence-electron chi connectivity index (χ4n) is 1.51. The molecule has 0 spiro atoms. The molecule has 0 aliphatic rings. The molecule has 1 aromatic rings. The highest BCUT2D eigenvalue weighted by Gasteiger charge is 2.08. The Morgan fingerprint density at radius 2 is 1.82 bits per heavy atom. The Morgan fingerprint density at radius 3 is 2.47 bits per heavy atom. The molecule has 2 N–H and O–H groups in total. The van der Waals surface area contributed by atoms with E-state index >= 15 is 0 Å². The highest BCUT2D eigenvalue weighted by molar-refractivity contribution is 6.33. The lowest BCUT2D eigenvalue weighted by Gasteiger charge is -2.09. The number of rotatable bonds is 7. The fourth-order valence-corrected chi connectivity index (χ4v) is 1.78. The van der Waals surface area contributed by atoms with Gasteiger partial charge in [0, 0.05) is 19.2 Å². The number of hydrogen-bond acceptors (Lipinski definition) is 2. The number of aliphatic hydroxyl groups excluding tert-OH is 1. The Labute approximate surface area is 105 Å². The van der Waals surface area contributed by atoms with E-state index in [0.717, 1.165) is 37.8 Å². The molecule has 0 saturated carbocycles. The summed E-state index contributed by atoms with van der Waals surface area (Å²) in [6.07, 6.45) is 3.53. The minimum absolute atomic E-state index is 0.0536. The van der Waals surface area contributed by atoms with Crippen LogP contribution in [0.3, 0.4) is 0 Å². The molecular weight excluding hydrogens is 248 g/mol. The Morgan fingerprint density at radius 1 is 1.12 bits per heavy atom. The molecule has 0 aliphatic carbocycles. The third-order valence-corrected chi connectivity index (χ3v) is 2.69. The van der Waals surface area contributed by atoms with E-state index in [4.69, 9.17) is 16.7 Å². The van der Waals surface area contributed by atoms with Crippen molar-refractivity contribution in [1.29, 1.82) is 0 Å². The van der Waals surface area contributed by atoms with Crippen LogP contribution in [0.2, 0.25) is 5.02 Å². The van der Waals surface area contributed by atoms with Gasteiger partial charge in [0.25, 0.3) is 0 Å². The van der Waals surface area contributed by atoms with Gasteiger partial charge in [-0.05, 0) is 18.9 Å². The van der Waals surface area contributed by atoms with Gasteiger partial charge in [0.15, 0.2) is 5.82 Å². The van der Waals surface area contributed by atoms with Gasteiger partial charge >= 0.3 is 0 Å². The zero-order chi connectivity index (χ0) is 12.7. The number of anilines is 1. The number of aliphatic hydroxyl groups is 1. The van der Waals surface area contributed by atoms with Gasteiger partial charge in [0.05, 0.1) is 10.7 Å². The Bertz CT molecular complexity index is 337. The van der Waals surface area contributed by atoms with Crippen molar-refractivity contribution in [2.24, 2.45) is 0 Å². The van der Waals surface area contributed by atoms with Crippen LogP contribution in [0, 0.1) is 11.6 Å². The summed E-state index contributed by atoms with van der Waals surface area (Å²) in [7, 11) is 0. The van der Waals surface area contributed by atoms with Crippen molar-refractivity contribution in [1.82, 2.24) is 0 Å². The normalized spacial score (nSPS) is 10.6. The van der Waals surface area contributed by atoms with Crippen LogP contribution < -0.4 is 5.32 Å². The maximum Gasteiger partial charge on any atom is 0.150 e. The monoisotopic (exact) mass is 263 g/mol. The average Bonchev–Trinajstić information content (AvgIpc) is 2.26. The fraction of sp³-hybridized carbons (Fsp3) is 0.500. The van der Waals surface area contributed by atoms with Crippen molar-refractivity contribution >= 4 is 17.3 Å². The molecule has 0 radical (unpaired) electrons. The lowest BCUT2D eigenvalue weighted by atomic mass is 10.2. The summed E-state index contributed by atoms with van der Waals surface area (Å²) in [5, 5.41) is 11.5. The molecule has 0 bridgehead atoms. The molecule has 0 amide bonds. The van der Waals surface area contributed by atoms with Crippen LogP contribution in [0.25, 0.3) is 0 Å². The Kier molecular flexibility index (Phi) is 6.22. The summed E-state index contributed by atoms with van der Waals surface area (Å²) < 4.78 is 26.1. The lowest BCUT2D eigenvalue weighted by Crippen LogP contribution is -2.04. The highest BCUT2D eigenvalue weighted by Crippen LogP contribution is 2.26. The van der Waals surface area contributed by atoms with Gasteiger partial charge < -0.3 is 10.4 Å². The van der Waals surface area contributed by atoms with Crippen LogP contribution >= 0.6 is 11.6 Å². The molecule has 0 atom stereocenters. The van der Waals surface area contributed by atoms with Gasteiger partial charge in [-0.15, -0.1) is 0 Å². The molecule has 5 heteroatoms. The Hall–Kier alpha value is -0.870. The van der Waals surface area contributed by atoms with E-state index in [1.807, 2.05) is 0 Å². The topological polar surface area (TPSA) is 32.3 Å². The molecule has 2 nitrogen and oxygen atoms in total. The van der Waals surface area contributed by atoms with E-state index < -0.39 is 11.6 Å². The molecule has 0 aliphatic heterocycles. The van der Waals surface area contributed by atoms with E-state index in [0.29, 0.717) is 6.54 Å². The lowest BCUT2D eigenvalue weighted by molar-refractivity contribution is 0.283. The maximum absolute atomic E-state index is 13.3. The Balaban J connectivity index is 2.36. The van der Waals surface area contributed by atoms with E-state index in [1.54, 1.807) is 0 Å². The standard InChI is InChI=1S/C12H16ClF2NO/c13-10-7-9(14)8-11(15)12(10)16-5-3-1-2-4-6-17/h7-8,16-17H,1-6H2. The summed E-state index contributed by atoms with van der Waals surface area (Å²) in [5.74, 6) is -1.36. The van der Waals surface area contributed by atoms with E-state index in [9.17, 15) is 8.78 Å². The van der Waals surface area contributed by atoms with Gasteiger partial charge in [0.2, 0.25) is 0 Å². The van der Waals surface area contributed by atoms with Crippen LogP contribution in [0.1, 0.15) is 25.7 Å². The van der Waals surface area contributed by atoms with Crippen molar-refractivity contribution in [3.05, 3.63) is 28.8 Å². The summed E-state index contributed by atoms with van der Waals surface area (Å²) in [6.45, 7) is 0.777. The van der Waals surface area contributed by atoms with E-state index in [2.05, 4.69) is 5.32 Å². The van der Waals surface area contributed by atoms with Gasteiger partial charge in [-0.3, -0.25) is 0 Å². The van der Waals surface area contributed by atoms with Gasteiger partial charge in [-0.25, -0.2) is 8.78 Å². The van der Waals surface area contributed by atoms with Crippen molar-refractivity contribution in [3.8, 4) is 0 Å². The molecule has 0 unspecified atom stereocenters. The number of benzene rings is 1. The molecule has 0 fully saturated rings. The third-order valence-electron chi connectivity index (χ3n) is 2.39. The van der Waals surface area contributed by atoms with Crippen molar-refractivity contribution in [2.75, 3.05) is 18.5 Å². The molecule has 1 aromatic carbocycles. The van der Waals surface area contributed by atoms with Crippen molar-refractivity contribution < 1.29 is 13.9 Å². The first-order chi connectivity index (χ1) is 8.15. The summed E-state index contributed by atoms with van der Waals surface area (Å²) in [6, 6.07) is 1.89. The molecule has 0 saturated heterocycles. The quantitative estimate of drug-likeness (QED) is 0.737. The number of halogens is 3. The zero-order valence-corrected chi connectivity index (χ0v) is 10.2. The molecule has 0 heterocycles. The number of nitrogens with one attached hydrogen (secondary N) is 1. The minimum atomic E-state index is -0.680. The SMILES string of the molecule is OCCCCCCNc1c(F)cc(F)cc1Cl. The predicted octanol–water partition coefficient (Wildman–Crippen LogP) is 3.58. The van der Waals surface area contributed by atoms with Crippen molar-refractivity contribution in [2.45, 2.75) is 25.7 Å². The van der Waals surface area contributed by atoms with Crippen LogP contribution in [0.5, 0.6) is 0 Å². The number of hydrogen-bond donors (Lipinski definition) is 2. The van der Waals surface area contributed by atoms with Crippen LogP contribution in [-0.2, 0) is 0 Å². The molecule has 0 aromatic heterocycles. The highest BCUT2D eigenvalue weighted by atomic mass is 35.5. The molecular formula is C12H16ClF2NO. The van der Waals surface area contributed by atoms with Gasteiger partial charge in [0.1, 0.15) is 5.82 Å². The minimum Gasteiger partial charge on any atom is -0.396 e. The van der Waals surface area contributed by atoms with Crippen LogP contribution in [0.15, 0.2) is 12.1 Å². The number of unbranched alkanes of at least 4 members (excludes halogenated alkanes) is 3. The smallest absolute Gasteiger partial charge is 0.150 e. The molecule has 96 valence electrons. The largest absolute Gasteiger partial charge is 0.396 e. The second-order valence-corrected chi connectivity index (χ2v) is 4.22. The molecule has 1 rings (SSSR count). The van der Waals surface area contributed by atoms with Crippen LogP contribution in [0.4, 0.5) is 14.5 Å². The van der Waals surface area contributed by atoms with Crippen molar-refractivity contribution in [3.63, 3.8) is 0 Å². The summed E-state index contributed by atoms with van der Waals surface area (Å²) >= 11 is 5.72. The van der Waals surface area contributed by atoms with Gasteiger partial charge in [-0.1, -0.05) is 24.4 Å². The average molecular weight is 264 g/mol. The van der Waals surface area contributed by atoms with E-state index in [-0.39, 0.29) is 17.3 Å². The maximum atomic E-state index is 13.3. The van der Waals surface area contributed by atoms with Gasteiger partial charge in [-0.2, -0.15) is 0 Å². The second kappa shape index (κ2) is 7.45. The van der Waals surface area contributed by atoms with Crippen LogP contribution in [-0.4, -0.2) is 18.3 Å². The summed E-state index contributed by atoms with van der Waals surface area (Å²) in [4.78, 5) is 0. The predicted molar refractivity (Wildman–Crippen MR) is 65.4 cm³/mol. The summed E-state index contributed by atoms with van der Waals surface area (Å²) in [5.41, 5.74) is 0.148. The first-order valence-electron chi connectivity index (χ1n) is 5.64. The first kappa shape index (κ1) is 14.2. The second-order valence-electron chi connectivity index (χ2n) is 3.81.